The molecule has 0 amide bonds. The van der Waals surface area contributed by atoms with Crippen LogP contribution in [0.5, 0.6) is 0 Å². The van der Waals surface area contributed by atoms with E-state index in [4.69, 9.17) is 5.41 Å². The Morgan fingerprint density at radius 3 is 2.43 bits per heavy atom. The average Bonchev–Trinajstić information content (AvgIpc) is 2.47. The van der Waals surface area contributed by atoms with Gasteiger partial charge in [0.15, 0.2) is 0 Å². The van der Waals surface area contributed by atoms with Crippen LogP contribution in [0.15, 0.2) is 30.3 Å². The van der Waals surface area contributed by atoms with E-state index in [9.17, 15) is 0 Å². The third-order valence-corrected chi connectivity index (χ3v) is 2.82. The van der Waals surface area contributed by atoms with Crippen molar-refractivity contribution in [2.75, 3.05) is 18.6 Å². The number of hydrogen-bond acceptors (Lipinski definition) is 3. The molecule has 2 rings (SSSR count). The van der Waals surface area contributed by atoms with E-state index in [0.717, 1.165) is 11.4 Å². The predicted molar refractivity (Wildman–Crippen MR) is 58.7 cm³/mol. The van der Waals surface area contributed by atoms with Crippen LogP contribution in [0, 0.1) is 5.41 Å². The number of nitrogens with one attached hydrogen (secondary N) is 1. The zero-order chi connectivity index (χ0) is 10.1. The summed E-state index contributed by atoms with van der Waals surface area (Å²) in [5.74, 6) is 0. The summed E-state index contributed by atoms with van der Waals surface area (Å²) in [6.45, 7) is 2.77. The first-order valence-corrected chi connectivity index (χ1v) is 4.83. The van der Waals surface area contributed by atoms with Crippen LogP contribution in [-0.4, -0.2) is 30.4 Å². The second-order valence-corrected chi connectivity index (χ2v) is 3.67. The standard InChI is InChI=1S/C11H15N3/c1-9-11(12)8-14(13(9)2)10-6-4-3-5-7-10/h3-7,9,12H,8H2,1-2H3. The molecular weight excluding hydrogens is 174 g/mol. The van der Waals surface area contributed by atoms with E-state index in [1.54, 1.807) is 0 Å². The van der Waals surface area contributed by atoms with Crippen LogP contribution in [0.2, 0.25) is 0 Å². The van der Waals surface area contributed by atoms with Crippen molar-refractivity contribution < 1.29 is 0 Å². The zero-order valence-corrected chi connectivity index (χ0v) is 8.57. The number of hydrazine groups is 1. The summed E-state index contributed by atoms with van der Waals surface area (Å²) in [6, 6.07) is 10.4. The quantitative estimate of drug-likeness (QED) is 0.729. The van der Waals surface area contributed by atoms with Crippen molar-refractivity contribution in [1.29, 1.82) is 5.41 Å². The molecule has 1 atom stereocenters. The van der Waals surface area contributed by atoms with Gasteiger partial charge in [0.05, 0.1) is 18.3 Å². The molecule has 3 nitrogen and oxygen atoms in total. The summed E-state index contributed by atoms with van der Waals surface area (Å²) < 4.78 is 0. The normalized spacial score (nSPS) is 23.1. The van der Waals surface area contributed by atoms with E-state index in [1.165, 1.54) is 0 Å². The lowest BCUT2D eigenvalue weighted by atomic mass is 10.2. The monoisotopic (exact) mass is 189 g/mol. The fourth-order valence-corrected chi connectivity index (χ4v) is 1.71. The van der Waals surface area contributed by atoms with Gasteiger partial charge in [-0.2, -0.15) is 0 Å². The molecule has 14 heavy (non-hydrogen) atoms. The molecule has 1 aliphatic rings. The summed E-state index contributed by atoms with van der Waals surface area (Å²) in [6.07, 6.45) is 0. The predicted octanol–water partition coefficient (Wildman–Crippen LogP) is 1.76. The maximum atomic E-state index is 7.78. The Kier molecular flexibility index (Phi) is 2.25. The average molecular weight is 189 g/mol. The van der Waals surface area contributed by atoms with Gasteiger partial charge in [-0.3, -0.25) is 5.01 Å². The molecule has 1 saturated heterocycles. The lowest BCUT2D eigenvalue weighted by Crippen LogP contribution is -2.36. The van der Waals surface area contributed by atoms with Crippen LogP contribution in [-0.2, 0) is 0 Å². The summed E-state index contributed by atoms with van der Waals surface area (Å²) >= 11 is 0. The maximum Gasteiger partial charge on any atom is 0.0740 e. The number of anilines is 1. The third-order valence-electron chi connectivity index (χ3n) is 2.82. The van der Waals surface area contributed by atoms with E-state index in [0.29, 0.717) is 6.54 Å². The van der Waals surface area contributed by atoms with Crippen molar-refractivity contribution in [2.45, 2.75) is 13.0 Å². The Hall–Kier alpha value is -1.35. The fraction of sp³-hybridized carbons (Fsp3) is 0.364. The van der Waals surface area contributed by atoms with E-state index in [-0.39, 0.29) is 6.04 Å². The van der Waals surface area contributed by atoms with Crippen molar-refractivity contribution in [3.63, 3.8) is 0 Å². The summed E-state index contributed by atoms with van der Waals surface area (Å²) in [5, 5.41) is 12.0. The molecule has 0 spiro atoms. The van der Waals surface area contributed by atoms with Crippen LogP contribution in [0.25, 0.3) is 0 Å². The number of hydrogen-bond donors (Lipinski definition) is 1. The molecule has 0 aromatic heterocycles. The molecule has 1 heterocycles. The minimum atomic E-state index is 0.218. The van der Waals surface area contributed by atoms with E-state index in [2.05, 4.69) is 29.1 Å². The molecule has 1 aromatic carbocycles. The van der Waals surface area contributed by atoms with Gasteiger partial charge in [0.1, 0.15) is 0 Å². The highest BCUT2D eigenvalue weighted by molar-refractivity contribution is 5.93. The lowest BCUT2D eigenvalue weighted by molar-refractivity contribution is 0.327. The number of benzene rings is 1. The third kappa shape index (κ3) is 1.40. The van der Waals surface area contributed by atoms with Crippen LogP contribution < -0.4 is 5.01 Å². The van der Waals surface area contributed by atoms with Crippen LogP contribution in [0.4, 0.5) is 5.69 Å². The Morgan fingerprint density at radius 1 is 1.29 bits per heavy atom. The number of nitrogens with zero attached hydrogens (tertiary/aromatic N) is 2. The smallest absolute Gasteiger partial charge is 0.0740 e. The highest BCUT2D eigenvalue weighted by Crippen LogP contribution is 2.21. The molecule has 0 aliphatic carbocycles. The minimum Gasteiger partial charge on any atom is -0.306 e. The second kappa shape index (κ2) is 3.42. The zero-order valence-electron chi connectivity index (χ0n) is 8.57. The van der Waals surface area contributed by atoms with Crippen molar-refractivity contribution in [3.05, 3.63) is 30.3 Å². The number of para-hydroxylation sites is 1. The second-order valence-electron chi connectivity index (χ2n) is 3.67. The Balaban J connectivity index is 2.26. The van der Waals surface area contributed by atoms with E-state index >= 15 is 0 Å². The SMILES string of the molecule is CC1C(=N)CN(c2ccccc2)N1C. The Morgan fingerprint density at radius 2 is 1.93 bits per heavy atom. The fourth-order valence-electron chi connectivity index (χ4n) is 1.71. The van der Waals surface area contributed by atoms with Gasteiger partial charge in [0, 0.05) is 12.8 Å². The maximum absolute atomic E-state index is 7.78. The Labute approximate surface area is 84.4 Å². The molecule has 74 valence electrons. The molecule has 1 aromatic rings. The first-order chi connectivity index (χ1) is 6.70. The summed E-state index contributed by atoms with van der Waals surface area (Å²) in [4.78, 5) is 0. The van der Waals surface area contributed by atoms with Crippen LogP contribution in [0.1, 0.15) is 6.92 Å². The first-order valence-electron chi connectivity index (χ1n) is 4.83. The largest absolute Gasteiger partial charge is 0.306 e. The van der Waals surface area contributed by atoms with Gasteiger partial charge in [0.2, 0.25) is 0 Å². The molecule has 0 radical (unpaired) electrons. The minimum absolute atomic E-state index is 0.218. The summed E-state index contributed by atoms with van der Waals surface area (Å²) in [7, 11) is 2.03. The van der Waals surface area contributed by atoms with Gasteiger partial charge in [-0.15, -0.1) is 0 Å². The lowest BCUT2D eigenvalue weighted by Gasteiger charge is -2.27. The highest BCUT2D eigenvalue weighted by Gasteiger charge is 2.29. The first kappa shape index (κ1) is 9.21. The molecule has 1 fully saturated rings. The molecule has 3 heteroatoms. The molecule has 1 aliphatic heterocycles. The summed E-state index contributed by atoms with van der Waals surface area (Å²) in [5.41, 5.74) is 1.93. The van der Waals surface area contributed by atoms with Crippen molar-refractivity contribution in [1.82, 2.24) is 5.01 Å². The van der Waals surface area contributed by atoms with Gasteiger partial charge < -0.3 is 5.41 Å². The van der Waals surface area contributed by atoms with Crippen LogP contribution in [0.3, 0.4) is 0 Å². The molecule has 1 unspecified atom stereocenters. The topological polar surface area (TPSA) is 30.3 Å². The highest BCUT2D eigenvalue weighted by atomic mass is 15.6. The van der Waals surface area contributed by atoms with Gasteiger partial charge >= 0.3 is 0 Å². The van der Waals surface area contributed by atoms with E-state index in [1.807, 2.05) is 25.2 Å². The van der Waals surface area contributed by atoms with Gasteiger partial charge in [-0.25, -0.2) is 5.01 Å². The molecular formula is C11H15N3. The van der Waals surface area contributed by atoms with Crippen LogP contribution >= 0.6 is 0 Å². The van der Waals surface area contributed by atoms with Crippen molar-refractivity contribution in [2.24, 2.45) is 0 Å². The molecule has 0 saturated carbocycles. The molecule has 1 N–H and O–H groups in total. The molecule has 0 bridgehead atoms. The van der Waals surface area contributed by atoms with Gasteiger partial charge in [0.25, 0.3) is 0 Å². The van der Waals surface area contributed by atoms with Gasteiger partial charge in [-0.05, 0) is 19.1 Å². The number of rotatable bonds is 1. The van der Waals surface area contributed by atoms with E-state index < -0.39 is 0 Å². The van der Waals surface area contributed by atoms with Gasteiger partial charge in [-0.1, -0.05) is 18.2 Å². The Bertz CT molecular complexity index is 334. The van der Waals surface area contributed by atoms with Crippen molar-refractivity contribution in [3.8, 4) is 0 Å². The van der Waals surface area contributed by atoms with Crippen molar-refractivity contribution >= 4 is 11.4 Å².